The molecule has 0 aliphatic carbocycles. The van der Waals surface area contributed by atoms with E-state index in [4.69, 9.17) is 0 Å². The highest BCUT2D eigenvalue weighted by Gasteiger charge is 2.18. The van der Waals surface area contributed by atoms with Gasteiger partial charge in [-0.3, -0.25) is 0 Å². The van der Waals surface area contributed by atoms with Crippen molar-refractivity contribution in [2.45, 2.75) is 27.7 Å². The van der Waals surface area contributed by atoms with Gasteiger partial charge in [0, 0.05) is 33.8 Å². The van der Waals surface area contributed by atoms with E-state index in [9.17, 15) is 0 Å². The van der Waals surface area contributed by atoms with Gasteiger partial charge < -0.3 is 9.47 Å². The van der Waals surface area contributed by atoms with Gasteiger partial charge in [0.1, 0.15) is 0 Å². The van der Waals surface area contributed by atoms with Gasteiger partial charge in [-0.05, 0) is 120 Å². The van der Waals surface area contributed by atoms with Crippen molar-refractivity contribution in [2.24, 2.45) is 0 Å². The summed E-state index contributed by atoms with van der Waals surface area (Å²) in [7, 11) is 0. The zero-order valence-corrected chi connectivity index (χ0v) is 31.6. The third-order valence-electron chi connectivity index (χ3n) is 10.1. The highest BCUT2D eigenvalue weighted by molar-refractivity contribution is 6.21. The zero-order chi connectivity index (χ0) is 37.6. The number of anilines is 2. The monoisotopic (exact) mass is 698 g/mol. The van der Waals surface area contributed by atoms with E-state index in [1.807, 2.05) is 6.92 Å². The third kappa shape index (κ3) is 6.71. The van der Waals surface area contributed by atoms with E-state index in [0.29, 0.717) is 0 Å². The number of rotatable bonds is 8. The van der Waals surface area contributed by atoms with Gasteiger partial charge in [-0.15, -0.1) is 6.58 Å². The molecule has 0 fully saturated rings. The van der Waals surface area contributed by atoms with Crippen LogP contribution in [0.5, 0.6) is 0 Å². The summed E-state index contributed by atoms with van der Waals surface area (Å²) in [5.74, 6) is 0. The number of hydrogen-bond acceptors (Lipinski definition) is 1. The summed E-state index contributed by atoms with van der Waals surface area (Å²) >= 11 is 0. The molecule has 8 rings (SSSR count). The summed E-state index contributed by atoms with van der Waals surface area (Å²) in [5.41, 5.74) is 12.8. The Morgan fingerprint density at radius 2 is 0.944 bits per heavy atom. The van der Waals surface area contributed by atoms with Gasteiger partial charge in [0.25, 0.3) is 0 Å². The Hall–Kier alpha value is -6.64. The highest BCUT2D eigenvalue weighted by Crippen LogP contribution is 2.44. The second-order valence-corrected chi connectivity index (χ2v) is 13.4. The molecule has 0 atom stereocenters. The minimum absolute atomic E-state index is 0.928. The molecule has 1 heterocycles. The summed E-state index contributed by atoms with van der Waals surface area (Å²) in [5, 5.41) is 6.28. The molecule has 0 amide bonds. The zero-order valence-electron chi connectivity index (χ0n) is 31.6. The molecule has 8 aromatic rings. The largest absolute Gasteiger partial charge is 0.314 e. The fourth-order valence-corrected chi connectivity index (χ4v) is 7.61. The lowest BCUT2D eigenvalue weighted by Crippen LogP contribution is -2.15. The molecule has 0 aliphatic rings. The van der Waals surface area contributed by atoms with E-state index in [0.717, 1.165) is 22.8 Å². The summed E-state index contributed by atoms with van der Waals surface area (Å²) in [6.07, 6.45) is 8.22. The number of fused-ring (bicyclic) bond motifs is 3. The summed E-state index contributed by atoms with van der Waals surface area (Å²) in [6.45, 7) is 16.2. The number of benzene rings is 7. The van der Waals surface area contributed by atoms with Crippen LogP contribution in [0.15, 0.2) is 201 Å². The van der Waals surface area contributed by atoms with Gasteiger partial charge in [0.15, 0.2) is 0 Å². The number of aromatic nitrogens is 1. The molecule has 0 unspecified atom stereocenters. The molecule has 0 radical (unpaired) electrons. The van der Waals surface area contributed by atoms with Crippen molar-refractivity contribution in [1.82, 2.24) is 4.57 Å². The second kappa shape index (κ2) is 15.9. The van der Waals surface area contributed by atoms with Crippen molar-refractivity contribution >= 4 is 49.5 Å². The lowest BCUT2D eigenvalue weighted by molar-refractivity contribution is 1.08. The maximum atomic E-state index is 4.51. The Bertz CT molecular complexity index is 2600. The standard InChI is InChI=1S/C49H40N2.C3H6/c1-5-39(31-28-34(2)50-36(4)35(3)42-22-16-17-27-47(42)50)51(40-20-10-7-11-21-40)41-32-29-38(30-33-41)49-45-25-14-12-23-43(45)48(37-18-8-6-9-19-37)44-24-13-15-26-46(44)49;1-3-2/h5-33H,2H2,1,3-4H3;3H,1H2,2H3/b31-28-,39-5+;. The highest BCUT2D eigenvalue weighted by atomic mass is 15.1. The minimum Gasteiger partial charge on any atom is -0.314 e. The molecule has 7 aromatic carbocycles. The smallest absolute Gasteiger partial charge is 0.0533 e. The molecule has 2 heteroatoms. The lowest BCUT2D eigenvalue weighted by atomic mass is 9.86. The Morgan fingerprint density at radius 1 is 0.519 bits per heavy atom. The van der Waals surface area contributed by atoms with Crippen LogP contribution in [0.25, 0.3) is 60.4 Å². The molecule has 0 saturated carbocycles. The molecule has 0 N–H and O–H groups in total. The third-order valence-corrected chi connectivity index (χ3v) is 10.1. The first-order valence-electron chi connectivity index (χ1n) is 18.6. The molecule has 0 aliphatic heterocycles. The Balaban J connectivity index is 0.00000145. The molecule has 0 spiro atoms. The van der Waals surface area contributed by atoms with Crippen LogP contribution in [-0.2, 0) is 0 Å². The van der Waals surface area contributed by atoms with Crippen molar-refractivity contribution in [2.75, 3.05) is 4.90 Å². The topological polar surface area (TPSA) is 8.17 Å². The van der Waals surface area contributed by atoms with Crippen molar-refractivity contribution in [3.05, 3.63) is 212 Å². The van der Waals surface area contributed by atoms with Crippen LogP contribution in [0.2, 0.25) is 0 Å². The first-order valence-corrected chi connectivity index (χ1v) is 18.6. The van der Waals surface area contributed by atoms with Gasteiger partial charge in [-0.25, -0.2) is 0 Å². The van der Waals surface area contributed by atoms with Crippen molar-refractivity contribution in [1.29, 1.82) is 0 Å². The molecule has 0 saturated heterocycles. The predicted octanol–water partition coefficient (Wildman–Crippen LogP) is 14.9. The normalized spacial score (nSPS) is 11.5. The van der Waals surface area contributed by atoms with Gasteiger partial charge in [0.05, 0.1) is 5.52 Å². The van der Waals surface area contributed by atoms with E-state index >= 15 is 0 Å². The minimum atomic E-state index is 0.928. The van der Waals surface area contributed by atoms with Crippen LogP contribution in [0.3, 0.4) is 0 Å². The van der Waals surface area contributed by atoms with Crippen LogP contribution < -0.4 is 4.90 Å². The van der Waals surface area contributed by atoms with Gasteiger partial charge >= 0.3 is 0 Å². The van der Waals surface area contributed by atoms with Crippen LogP contribution in [-0.4, -0.2) is 4.57 Å². The van der Waals surface area contributed by atoms with Crippen molar-refractivity contribution in [3.63, 3.8) is 0 Å². The molecule has 1 aromatic heterocycles. The molecule has 264 valence electrons. The average molecular weight is 699 g/mol. The van der Waals surface area contributed by atoms with E-state index in [1.165, 1.54) is 66.0 Å². The van der Waals surface area contributed by atoms with Crippen LogP contribution in [0, 0.1) is 13.8 Å². The van der Waals surface area contributed by atoms with Crippen molar-refractivity contribution in [3.8, 4) is 22.3 Å². The number of allylic oxidation sites excluding steroid dienone is 5. The fraction of sp³-hybridized carbons (Fsp3) is 0.0769. The molecule has 54 heavy (non-hydrogen) atoms. The van der Waals surface area contributed by atoms with Crippen molar-refractivity contribution < 1.29 is 0 Å². The molecule has 2 nitrogen and oxygen atoms in total. The number of para-hydroxylation sites is 2. The van der Waals surface area contributed by atoms with Gasteiger partial charge in [-0.1, -0.05) is 146 Å². The van der Waals surface area contributed by atoms with Crippen LogP contribution in [0.1, 0.15) is 25.1 Å². The fourth-order valence-electron chi connectivity index (χ4n) is 7.61. The summed E-state index contributed by atoms with van der Waals surface area (Å²) < 4.78 is 2.26. The Labute approximate surface area is 320 Å². The first-order chi connectivity index (χ1) is 26.5. The molecular weight excluding hydrogens is 653 g/mol. The van der Waals surface area contributed by atoms with Crippen LogP contribution in [0.4, 0.5) is 11.4 Å². The van der Waals surface area contributed by atoms with Crippen LogP contribution >= 0.6 is 0 Å². The Kier molecular flexibility index (Phi) is 10.6. The maximum absolute atomic E-state index is 4.51. The van der Waals surface area contributed by atoms with E-state index in [2.05, 4.69) is 219 Å². The van der Waals surface area contributed by atoms with E-state index in [1.54, 1.807) is 6.08 Å². The van der Waals surface area contributed by atoms with Gasteiger partial charge in [-0.2, -0.15) is 0 Å². The number of aryl methyl sites for hydroxylation is 1. The maximum Gasteiger partial charge on any atom is 0.0533 e. The quantitative estimate of drug-likeness (QED) is 0.0871. The first kappa shape index (κ1) is 35.7. The van der Waals surface area contributed by atoms with Gasteiger partial charge in [0.2, 0.25) is 0 Å². The SMILES string of the molecule is C=C(/C=C\C(=C/C)N(c1ccccc1)c1ccc(-c2c3ccccc3c(-c3ccccc3)c3ccccc23)cc1)n1c(C)c(C)c2ccccc21.C=CC. The van der Waals surface area contributed by atoms with E-state index in [-0.39, 0.29) is 0 Å². The second-order valence-electron chi connectivity index (χ2n) is 13.4. The average Bonchev–Trinajstić information content (AvgIpc) is 3.48. The molecule has 0 bridgehead atoms. The lowest BCUT2D eigenvalue weighted by Gasteiger charge is -2.27. The predicted molar refractivity (Wildman–Crippen MR) is 236 cm³/mol. The summed E-state index contributed by atoms with van der Waals surface area (Å²) in [6, 6.07) is 56.6. The van der Waals surface area contributed by atoms with E-state index < -0.39 is 0 Å². The Morgan fingerprint density at radius 3 is 1.46 bits per heavy atom. The summed E-state index contributed by atoms with van der Waals surface area (Å²) in [4.78, 5) is 2.31. The number of nitrogens with zero attached hydrogens (tertiary/aromatic N) is 2. The number of hydrogen-bond donors (Lipinski definition) is 0. The molecular formula is C52H46N2.